The van der Waals surface area contributed by atoms with E-state index in [0.29, 0.717) is 27.7 Å². The second-order valence-electron chi connectivity index (χ2n) is 5.59. The quantitative estimate of drug-likeness (QED) is 0.702. The second kappa shape index (κ2) is 7.50. The molecule has 2 aromatic carbocycles. The summed E-state index contributed by atoms with van der Waals surface area (Å²) in [6.45, 7) is 1.89. The van der Waals surface area contributed by atoms with Crippen LogP contribution in [0.25, 0.3) is 0 Å². The van der Waals surface area contributed by atoms with Crippen molar-refractivity contribution < 1.29 is 18.7 Å². The number of rotatable bonds is 3. The Balaban J connectivity index is 2.01. The lowest BCUT2D eigenvalue weighted by molar-refractivity contribution is 0.0301. The van der Waals surface area contributed by atoms with E-state index in [0.717, 1.165) is 5.56 Å². The van der Waals surface area contributed by atoms with E-state index in [-0.39, 0.29) is 18.3 Å². The zero-order chi connectivity index (χ0) is 18.0. The molecular weight excluding hydrogens is 368 g/mol. The normalized spacial score (nSPS) is 18.9. The molecule has 0 bridgehead atoms. The number of ether oxygens (including phenoxy) is 2. The molecule has 1 N–H and O–H groups in total. The number of anilines is 1. The SMILES string of the molecule is CCOC(=O)OC1CC(c2ccccc2F)c2c(Cl)cc(Cl)cc2N1. The van der Waals surface area contributed by atoms with Crippen LogP contribution in [-0.4, -0.2) is 19.0 Å². The molecule has 2 unspecified atom stereocenters. The third-order valence-electron chi connectivity index (χ3n) is 3.99. The highest BCUT2D eigenvalue weighted by molar-refractivity contribution is 6.35. The molecule has 0 amide bonds. The third-order valence-corrected chi connectivity index (χ3v) is 4.52. The minimum Gasteiger partial charge on any atom is -0.435 e. The smallest absolute Gasteiger partial charge is 0.435 e. The summed E-state index contributed by atoms with van der Waals surface area (Å²) in [5.74, 6) is -0.733. The first kappa shape index (κ1) is 17.8. The first-order valence-corrected chi connectivity index (χ1v) is 8.58. The molecule has 0 aliphatic carbocycles. The summed E-state index contributed by atoms with van der Waals surface area (Å²) in [7, 11) is 0. The van der Waals surface area contributed by atoms with Gasteiger partial charge in [-0.3, -0.25) is 0 Å². The maximum absolute atomic E-state index is 14.4. The van der Waals surface area contributed by atoms with Gasteiger partial charge >= 0.3 is 6.16 Å². The molecule has 2 atom stereocenters. The predicted molar refractivity (Wildman–Crippen MR) is 94.8 cm³/mol. The summed E-state index contributed by atoms with van der Waals surface area (Å²) in [6.07, 6.45) is -1.16. The van der Waals surface area contributed by atoms with Crippen LogP contribution in [-0.2, 0) is 9.47 Å². The largest absolute Gasteiger partial charge is 0.510 e. The molecule has 4 nitrogen and oxygen atoms in total. The Hall–Kier alpha value is -1.98. The van der Waals surface area contributed by atoms with Crippen LogP contribution in [0.4, 0.5) is 14.9 Å². The molecule has 0 spiro atoms. The number of hydrogen-bond donors (Lipinski definition) is 1. The van der Waals surface area contributed by atoms with Crippen LogP contribution >= 0.6 is 23.2 Å². The van der Waals surface area contributed by atoms with E-state index in [4.69, 9.17) is 32.7 Å². The summed E-state index contributed by atoms with van der Waals surface area (Å²) >= 11 is 12.4. The highest BCUT2D eigenvalue weighted by Gasteiger charge is 2.33. The molecule has 1 aliphatic heterocycles. The summed E-state index contributed by atoms with van der Waals surface area (Å²) < 4.78 is 24.5. The molecular formula is C18H16Cl2FNO3. The third kappa shape index (κ3) is 3.83. The van der Waals surface area contributed by atoms with Crippen LogP contribution in [0.5, 0.6) is 0 Å². The van der Waals surface area contributed by atoms with Gasteiger partial charge in [0.1, 0.15) is 5.82 Å². The number of halogens is 3. The van der Waals surface area contributed by atoms with Crippen LogP contribution in [0.1, 0.15) is 30.4 Å². The van der Waals surface area contributed by atoms with Gasteiger partial charge in [-0.2, -0.15) is 0 Å². The molecule has 132 valence electrons. The number of carbonyl (C=O) groups excluding carboxylic acids is 1. The summed E-state index contributed by atoms with van der Waals surface area (Å²) in [6, 6.07) is 9.76. The average Bonchev–Trinajstić information content (AvgIpc) is 2.54. The molecule has 1 aliphatic rings. The van der Waals surface area contributed by atoms with E-state index in [2.05, 4.69) is 5.32 Å². The zero-order valence-corrected chi connectivity index (χ0v) is 14.9. The van der Waals surface area contributed by atoms with Gasteiger partial charge in [-0.25, -0.2) is 9.18 Å². The summed E-state index contributed by atoms with van der Waals surface area (Å²) in [4.78, 5) is 11.7. The molecule has 0 radical (unpaired) electrons. The van der Waals surface area contributed by atoms with Crippen LogP contribution in [0.15, 0.2) is 36.4 Å². The lowest BCUT2D eigenvalue weighted by atomic mass is 9.84. The molecule has 0 aromatic heterocycles. The Morgan fingerprint density at radius 3 is 2.80 bits per heavy atom. The number of carbonyl (C=O) groups is 1. The molecule has 0 fully saturated rings. The molecule has 2 aromatic rings. The maximum Gasteiger partial charge on any atom is 0.510 e. The van der Waals surface area contributed by atoms with Gasteiger partial charge < -0.3 is 14.8 Å². The van der Waals surface area contributed by atoms with Gasteiger partial charge in [0.25, 0.3) is 0 Å². The van der Waals surface area contributed by atoms with Crippen molar-refractivity contribution in [3.63, 3.8) is 0 Å². The van der Waals surface area contributed by atoms with Crippen LogP contribution < -0.4 is 5.32 Å². The van der Waals surface area contributed by atoms with Crippen LogP contribution in [0.3, 0.4) is 0 Å². The molecule has 25 heavy (non-hydrogen) atoms. The minimum absolute atomic E-state index is 0.205. The highest BCUT2D eigenvalue weighted by atomic mass is 35.5. The molecule has 0 saturated carbocycles. The maximum atomic E-state index is 14.4. The fourth-order valence-electron chi connectivity index (χ4n) is 3.01. The Morgan fingerprint density at radius 2 is 2.08 bits per heavy atom. The van der Waals surface area contributed by atoms with E-state index < -0.39 is 12.4 Å². The number of fused-ring (bicyclic) bond motifs is 1. The first-order valence-electron chi connectivity index (χ1n) is 7.83. The van der Waals surface area contributed by atoms with E-state index in [1.165, 1.54) is 6.07 Å². The highest BCUT2D eigenvalue weighted by Crippen LogP contribution is 2.44. The standard InChI is InChI=1S/C18H16Cl2FNO3/c1-2-24-18(23)25-16-9-12(11-5-3-4-6-14(11)21)17-13(20)7-10(19)8-15(17)22-16/h3-8,12,16,22H,2,9H2,1H3. The number of hydrogen-bond acceptors (Lipinski definition) is 4. The van der Waals surface area contributed by atoms with Gasteiger partial charge in [-0.15, -0.1) is 0 Å². The fraction of sp³-hybridized carbons (Fsp3) is 0.278. The van der Waals surface area contributed by atoms with Gasteiger partial charge in [0, 0.05) is 33.6 Å². The molecule has 1 heterocycles. The number of nitrogens with one attached hydrogen (secondary N) is 1. The van der Waals surface area contributed by atoms with Crippen molar-refractivity contribution in [1.29, 1.82) is 0 Å². The lowest BCUT2D eigenvalue weighted by Gasteiger charge is -2.33. The second-order valence-corrected chi connectivity index (χ2v) is 6.44. The van der Waals surface area contributed by atoms with Gasteiger partial charge in [0.15, 0.2) is 6.23 Å². The zero-order valence-electron chi connectivity index (χ0n) is 13.4. The van der Waals surface area contributed by atoms with Gasteiger partial charge in [0.05, 0.1) is 6.61 Å². The lowest BCUT2D eigenvalue weighted by Crippen LogP contribution is -2.33. The molecule has 7 heteroatoms. The monoisotopic (exact) mass is 383 g/mol. The topological polar surface area (TPSA) is 47.6 Å². The van der Waals surface area contributed by atoms with Crippen molar-refractivity contribution in [2.24, 2.45) is 0 Å². The van der Waals surface area contributed by atoms with Gasteiger partial charge in [-0.1, -0.05) is 41.4 Å². The van der Waals surface area contributed by atoms with Gasteiger partial charge in [0.2, 0.25) is 0 Å². The Labute approximate surface area is 154 Å². The number of benzene rings is 2. The Bertz CT molecular complexity index is 800. The average molecular weight is 384 g/mol. The van der Waals surface area contributed by atoms with Crippen LogP contribution in [0.2, 0.25) is 10.0 Å². The van der Waals surface area contributed by atoms with Crippen molar-refractivity contribution in [2.75, 3.05) is 11.9 Å². The van der Waals surface area contributed by atoms with Crippen molar-refractivity contribution in [3.05, 3.63) is 63.4 Å². The van der Waals surface area contributed by atoms with E-state index >= 15 is 0 Å². The minimum atomic E-state index is -0.788. The van der Waals surface area contributed by atoms with E-state index in [1.54, 1.807) is 37.3 Å². The Morgan fingerprint density at radius 1 is 1.32 bits per heavy atom. The van der Waals surface area contributed by atoms with Gasteiger partial charge in [-0.05, 0) is 30.7 Å². The summed E-state index contributed by atoms with van der Waals surface area (Å²) in [5, 5.41) is 3.93. The predicted octanol–water partition coefficient (Wildman–Crippen LogP) is 5.58. The van der Waals surface area contributed by atoms with Crippen molar-refractivity contribution >= 4 is 35.0 Å². The Kier molecular flexibility index (Phi) is 5.35. The molecule has 3 rings (SSSR count). The van der Waals surface area contributed by atoms with Crippen LogP contribution in [0, 0.1) is 5.82 Å². The van der Waals surface area contributed by atoms with E-state index in [9.17, 15) is 9.18 Å². The summed E-state index contributed by atoms with van der Waals surface area (Å²) in [5.41, 5.74) is 1.80. The van der Waals surface area contributed by atoms with Crippen molar-refractivity contribution in [2.45, 2.75) is 25.5 Å². The van der Waals surface area contributed by atoms with Crippen molar-refractivity contribution in [1.82, 2.24) is 0 Å². The van der Waals surface area contributed by atoms with E-state index in [1.807, 2.05) is 0 Å². The fourth-order valence-corrected chi connectivity index (χ4v) is 3.63. The van der Waals surface area contributed by atoms with Crippen molar-refractivity contribution in [3.8, 4) is 0 Å². The first-order chi connectivity index (χ1) is 12.0. The molecule has 0 saturated heterocycles.